The molecule has 134 valence electrons. The van der Waals surface area contributed by atoms with Gasteiger partial charge in [-0.15, -0.1) is 0 Å². The molecule has 7 heteroatoms. The molecule has 0 aromatic heterocycles. The standard InChI is InChI=1S/C19H16BrNO5/c1-23-15-8-7-11(16(24-2)17(15)25-3)10-14-19(22)26-18(21-14)12-5-4-6-13(20)9-12/h4-10H,1-3H3/b14-10+. The minimum atomic E-state index is -0.531. The van der Waals surface area contributed by atoms with Crippen LogP contribution < -0.4 is 14.2 Å². The number of aliphatic imine (C=N–C) groups is 1. The minimum absolute atomic E-state index is 0.172. The predicted molar refractivity (Wildman–Crippen MR) is 101 cm³/mol. The highest BCUT2D eigenvalue weighted by Gasteiger charge is 2.25. The van der Waals surface area contributed by atoms with Gasteiger partial charge >= 0.3 is 5.97 Å². The lowest BCUT2D eigenvalue weighted by Gasteiger charge is -2.14. The Morgan fingerprint density at radius 1 is 1.04 bits per heavy atom. The summed E-state index contributed by atoms with van der Waals surface area (Å²) in [5.41, 5.74) is 1.50. The maximum absolute atomic E-state index is 12.2. The largest absolute Gasteiger partial charge is 0.493 e. The molecule has 0 amide bonds. The number of hydrogen-bond donors (Lipinski definition) is 0. The molecule has 6 nitrogen and oxygen atoms in total. The summed E-state index contributed by atoms with van der Waals surface area (Å²) < 4.78 is 22.2. The number of nitrogens with zero attached hydrogens (tertiary/aromatic N) is 1. The summed E-state index contributed by atoms with van der Waals surface area (Å²) in [7, 11) is 4.57. The molecule has 0 saturated heterocycles. The molecule has 0 unspecified atom stereocenters. The Balaban J connectivity index is 2.03. The molecule has 2 aromatic carbocycles. The van der Waals surface area contributed by atoms with Crippen LogP contribution in [0.4, 0.5) is 0 Å². The quantitative estimate of drug-likeness (QED) is 0.546. The van der Waals surface area contributed by atoms with Crippen LogP contribution >= 0.6 is 15.9 Å². The van der Waals surface area contributed by atoms with Crippen molar-refractivity contribution in [2.24, 2.45) is 4.99 Å². The van der Waals surface area contributed by atoms with Crippen molar-refractivity contribution in [1.29, 1.82) is 0 Å². The van der Waals surface area contributed by atoms with Crippen molar-refractivity contribution in [3.8, 4) is 17.2 Å². The summed E-state index contributed by atoms with van der Waals surface area (Å²) in [5, 5.41) is 0. The molecule has 1 heterocycles. The van der Waals surface area contributed by atoms with Crippen molar-refractivity contribution < 1.29 is 23.7 Å². The fourth-order valence-corrected chi connectivity index (χ4v) is 2.94. The summed E-state index contributed by atoms with van der Waals surface area (Å²) in [6, 6.07) is 10.9. The number of carbonyl (C=O) groups excluding carboxylic acids is 1. The second-order valence-electron chi connectivity index (χ2n) is 5.27. The van der Waals surface area contributed by atoms with Crippen LogP contribution in [0.1, 0.15) is 11.1 Å². The third-order valence-corrected chi connectivity index (χ3v) is 4.21. The highest BCUT2D eigenvalue weighted by atomic mass is 79.9. The first-order valence-corrected chi connectivity index (χ1v) is 8.44. The molecule has 0 fully saturated rings. The molecule has 0 spiro atoms. The number of hydrogen-bond acceptors (Lipinski definition) is 6. The summed E-state index contributed by atoms with van der Waals surface area (Å²) in [5.74, 6) is 1.13. The van der Waals surface area contributed by atoms with E-state index in [9.17, 15) is 4.79 Å². The Morgan fingerprint density at radius 2 is 1.81 bits per heavy atom. The topological polar surface area (TPSA) is 66.4 Å². The predicted octanol–water partition coefficient (Wildman–Crippen LogP) is 3.82. The van der Waals surface area contributed by atoms with Crippen LogP contribution in [-0.2, 0) is 9.53 Å². The second kappa shape index (κ2) is 7.61. The molecule has 3 rings (SSSR count). The zero-order chi connectivity index (χ0) is 18.7. The first-order chi connectivity index (χ1) is 12.6. The third kappa shape index (κ3) is 3.43. The number of halogens is 1. The fraction of sp³-hybridized carbons (Fsp3) is 0.158. The van der Waals surface area contributed by atoms with Crippen LogP contribution in [0.2, 0.25) is 0 Å². The van der Waals surface area contributed by atoms with Crippen molar-refractivity contribution in [3.05, 3.63) is 57.7 Å². The Bertz CT molecular complexity index is 920. The van der Waals surface area contributed by atoms with E-state index in [0.717, 1.165) is 4.47 Å². The molecular formula is C19H16BrNO5. The van der Waals surface area contributed by atoms with E-state index in [2.05, 4.69) is 20.9 Å². The smallest absolute Gasteiger partial charge is 0.363 e. The molecule has 0 aliphatic carbocycles. The van der Waals surface area contributed by atoms with Gasteiger partial charge in [-0.2, -0.15) is 0 Å². The van der Waals surface area contributed by atoms with Gasteiger partial charge in [-0.3, -0.25) is 0 Å². The number of carbonyl (C=O) groups is 1. The summed E-state index contributed by atoms with van der Waals surface area (Å²) in [4.78, 5) is 16.5. The lowest BCUT2D eigenvalue weighted by atomic mass is 10.1. The summed E-state index contributed by atoms with van der Waals surface area (Å²) >= 11 is 3.39. The second-order valence-corrected chi connectivity index (χ2v) is 6.19. The van der Waals surface area contributed by atoms with E-state index in [-0.39, 0.29) is 11.6 Å². The van der Waals surface area contributed by atoms with Crippen molar-refractivity contribution in [2.45, 2.75) is 0 Å². The average Bonchev–Trinajstić information content (AvgIpc) is 3.01. The Labute approximate surface area is 159 Å². The van der Waals surface area contributed by atoms with Gasteiger partial charge in [-0.05, 0) is 36.4 Å². The van der Waals surface area contributed by atoms with Gasteiger partial charge in [0.05, 0.1) is 21.3 Å². The average molecular weight is 418 g/mol. The number of benzene rings is 2. The number of methoxy groups -OCH3 is 3. The number of cyclic esters (lactones) is 1. The van der Waals surface area contributed by atoms with Crippen LogP contribution in [0.25, 0.3) is 6.08 Å². The molecule has 0 N–H and O–H groups in total. The highest BCUT2D eigenvalue weighted by Crippen LogP contribution is 2.40. The zero-order valence-electron chi connectivity index (χ0n) is 14.4. The number of rotatable bonds is 5. The molecule has 1 aliphatic rings. The van der Waals surface area contributed by atoms with Gasteiger partial charge < -0.3 is 18.9 Å². The number of ether oxygens (including phenoxy) is 4. The van der Waals surface area contributed by atoms with Crippen LogP contribution in [0.15, 0.2) is 51.6 Å². The van der Waals surface area contributed by atoms with Gasteiger partial charge in [0.1, 0.15) is 0 Å². The van der Waals surface area contributed by atoms with Gasteiger partial charge in [0, 0.05) is 15.6 Å². The normalized spacial score (nSPS) is 14.8. The lowest BCUT2D eigenvalue weighted by Crippen LogP contribution is -2.05. The first kappa shape index (κ1) is 18.0. The molecule has 26 heavy (non-hydrogen) atoms. The van der Waals surface area contributed by atoms with Gasteiger partial charge in [-0.1, -0.05) is 22.0 Å². The van der Waals surface area contributed by atoms with Gasteiger partial charge in [0.25, 0.3) is 0 Å². The first-order valence-electron chi connectivity index (χ1n) is 7.65. The van der Waals surface area contributed by atoms with Crippen molar-refractivity contribution in [1.82, 2.24) is 0 Å². The van der Waals surface area contributed by atoms with E-state index in [0.29, 0.717) is 28.4 Å². The van der Waals surface area contributed by atoms with Gasteiger partial charge in [-0.25, -0.2) is 9.79 Å². The van der Waals surface area contributed by atoms with Gasteiger partial charge in [0.15, 0.2) is 17.2 Å². The molecule has 1 aliphatic heterocycles. The Hall–Kier alpha value is -2.80. The molecule has 0 atom stereocenters. The molecule has 0 radical (unpaired) electrons. The van der Waals surface area contributed by atoms with Crippen molar-refractivity contribution in [2.75, 3.05) is 21.3 Å². The van der Waals surface area contributed by atoms with Crippen LogP contribution in [0.5, 0.6) is 17.2 Å². The van der Waals surface area contributed by atoms with Crippen LogP contribution in [-0.4, -0.2) is 33.2 Å². The zero-order valence-corrected chi connectivity index (χ0v) is 16.0. The molecular weight excluding hydrogens is 402 g/mol. The van der Waals surface area contributed by atoms with E-state index in [4.69, 9.17) is 18.9 Å². The van der Waals surface area contributed by atoms with Gasteiger partial charge in [0.2, 0.25) is 11.6 Å². The van der Waals surface area contributed by atoms with Crippen molar-refractivity contribution >= 4 is 33.9 Å². The maximum Gasteiger partial charge on any atom is 0.363 e. The SMILES string of the molecule is COc1ccc(/C=C2/N=C(c3cccc(Br)c3)OC2=O)c(OC)c1OC. The summed E-state index contributed by atoms with van der Waals surface area (Å²) in [6.45, 7) is 0. The van der Waals surface area contributed by atoms with E-state index in [1.165, 1.54) is 14.2 Å². The molecule has 0 bridgehead atoms. The van der Waals surface area contributed by atoms with Crippen LogP contribution in [0.3, 0.4) is 0 Å². The fourth-order valence-electron chi connectivity index (χ4n) is 2.54. The van der Waals surface area contributed by atoms with Crippen molar-refractivity contribution in [3.63, 3.8) is 0 Å². The monoisotopic (exact) mass is 417 g/mol. The Morgan fingerprint density at radius 3 is 2.46 bits per heavy atom. The van der Waals surface area contributed by atoms with E-state index in [1.54, 1.807) is 25.3 Å². The number of esters is 1. The van der Waals surface area contributed by atoms with E-state index in [1.807, 2.05) is 24.3 Å². The van der Waals surface area contributed by atoms with E-state index < -0.39 is 5.97 Å². The summed E-state index contributed by atoms with van der Waals surface area (Å²) in [6.07, 6.45) is 1.59. The molecule has 2 aromatic rings. The maximum atomic E-state index is 12.2. The minimum Gasteiger partial charge on any atom is -0.493 e. The van der Waals surface area contributed by atoms with E-state index >= 15 is 0 Å². The molecule has 0 saturated carbocycles. The lowest BCUT2D eigenvalue weighted by molar-refractivity contribution is -0.129. The van der Waals surface area contributed by atoms with Crippen LogP contribution in [0, 0.1) is 0 Å². The third-order valence-electron chi connectivity index (χ3n) is 3.72. The Kier molecular flexibility index (Phi) is 5.27. The highest BCUT2D eigenvalue weighted by molar-refractivity contribution is 9.10.